The molecule has 1 aliphatic rings. The van der Waals surface area contributed by atoms with Crippen molar-refractivity contribution in [3.8, 4) is 0 Å². The summed E-state index contributed by atoms with van der Waals surface area (Å²) in [6.07, 6.45) is 1.79. The van der Waals surface area contributed by atoms with E-state index >= 15 is 0 Å². The lowest BCUT2D eigenvalue weighted by Crippen LogP contribution is -2.41. The molecule has 2 aromatic heterocycles. The number of nitrogens with one attached hydrogen (secondary N) is 1. The highest BCUT2D eigenvalue weighted by molar-refractivity contribution is 7.10. The summed E-state index contributed by atoms with van der Waals surface area (Å²) < 4.78 is 0. The van der Waals surface area contributed by atoms with Crippen molar-refractivity contribution in [3.63, 3.8) is 0 Å². The first-order valence-corrected chi connectivity index (χ1v) is 8.56. The molecule has 1 saturated carbocycles. The van der Waals surface area contributed by atoms with Crippen LogP contribution >= 0.6 is 22.7 Å². The van der Waals surface area contributed by atoms with Gasteiger partial charge in [0.15, 0.2) is 0 Å². The minimum atomic E-state index is -0.198. The summed E-state index contributed by atoms with van der Waals surface area (Å²) in [5.41, 5.74) is 1.06. The van der Waals surface area contributed by atoms with Crippen LogP contribution in [0.3, 0.4) is 0 Å². The monoisotopic (exact) mass is 307 g/mol. The zero-order valence-electron chi connectivity index (χ0n) is 11.0. The molecule has 3 rings (SSSR count). The number of carbonyl (C=O) groups excluding carboxylic acids is 1. The Morgan fingerprint density at radius 2 is 2.25 bits per heavy atom. The molecule has 2 heterocycles. The van der Waals surface area contributed by atoms with Crippen molar-refractivity contribution < 1.29 is 9.90 Å². The van der Waals surface area contributed by atoms with Crippen LogP contribution in [0.25, 0.3) is 0 Å². The van der Waals surface area contributed by atoms with Crippen molar-refractivity contribution in [1.82, 2.24) is 5.32 Å². The van der Waals surface area contributed by atoms with Crippen molar-refractivity contribution >= 4 is 28.6 Å². The zero-order chi connectivity index (χ0) is 13.9. The number of thiophene rings is 2. The van der Waals surface area contributed by atoms with Gasteiger partial charge in [0.05, 0.1) is 18.6 Å². The van der Waals surface area contributed by atoms with Crippen molar-refractivity contribution in [2.24, 2.45) is 5.92 Å². The van der Waals surface area contributed by atoms with Crippen LogP contribution in [0.2, 0.25) is 0 Å². The van der Waals surface area contributed by atoms with Gasteiger partial charge in [-0.15, -0.1) is 11.3 Å². The van der Waals surface area contributed by atoms with E-state index in [1.807, 2.05) is 28.3 Å². The summed E-state index contributed by atoms with van der Waals surface area (Å²) in [5, 5.41) is 18.7. The average Bonchev–Trinajstić information content (AvgIpc) is 3.05. The largest absolute Gasteiger partial charge is 0.393 e. The zero-order valence-corrected chi connectivity index (χ0v) is 12.6. The molecular formula is C15H17NO2S2. The van der Waals surface area contributed by atoms with Crippen molar-refractivity contribution in [3.05, 3.63) is 44.8 Å². The fourth-order valence-electron chi connectivity index (χ4n) is 2.59. The van der Waals surface area contributed by atoms with Crippen LogP contribution in [0.15, 0.2) is 34.3 Å². The first kappa shape index (κ1) is 13.8. The summed E-state index contributed by atoms with van der Waals surface area (Å²) in [6, 6.07) is 6.10. The van der Waals surface area contributed by atoms with Crippen molar-refractivity contribution in [2.75, 3.05) is 0 Å². The molecule has 3 nitrogen and oxygen atoms in total. The van der Waals surface area contributed by atoms with E-state index in [1.54, 1.807) is 22.7 Å². The molecule has 0 bridgehead atoms. The van der Waals surface area contributed by atoms with E-state index in [2.05, 4.69) is 11.4 Å². The minimum absolute atomic E-state index is 0.0459. The summed E-state index contributed by atoms with van der Waals surface area (Å²) in [6.45, 7) is 0. The van der Waals surface area contributed by atoms with Gasteiger partial charge < -0.3 is 10.4 Å². The van der Waals surface area contributed by atoms with Crippen LogP contribution in [0.1, 0.15) is 29.3 Å². The molecule has 1 fully saturated rings. The number of aliphatic hydroxyl groups is 1. The van der Waals surface area contributed by atoms with E-state index in [4.69, 9.17) is 0 Å². The Bertz CT molecular complexity index is 544. The molecule has 2 N–H and O–H groups in total. The average molecular weight is 307 g/mol. The van der Waals surface area contributed by atoms with E-state index in [0.717, 1.165) is 18.4 Å². The summed E-state index contributed by atoms with van der Waals surface area (Å²) in [4.78, 5) is 13.4. The van der Waals surface area contributed by atoms with Crippen LogP contribution in [-0.2, 0) is 11.2 Å². The van der Waals surface area contributed by atoms with Gasteiger partial charge in [-0.1, -0.05) is 6.07 Å². The molecule has 0 aromatic carbocycles. The molecule has 0 radical (unpaired) electrons. The third kappa shape index (κ3) is 3.11. The standard InChI is InChI=1S/C15H17NO2S2/c17-12-7-11(8-12)15(13-2-1-4-20-13)16-14(18)6-10-3-5-19-9-10/h1-5,9,11-12,15,17H,6-8H2,(H,16,18)/t11?,12?,15-/m0/s1. The predicted molar refractivity (Wildman–Crippen MR) is 82.0 cm³/mol. The van der Waals surface area contributed by atoms with Crippen LogP contribution in [0, 0.1) is 5.92 Å². The molecule has 2 aromatic rings. The van der Waals surface area contributed by atoms with Crippen molar-refractivity contribution in [2.45, 2.75) is 31.4 Å². The molecule has 0 aliphatic heterocycles. The quantitative estimate of drug-likeness (QED) is 0.892. The molecule has 0 spiro atoms. The maximum atomic E-state index is 12.2. The first-order valence-electron chi connectivity index (χ1n) is 6.74. The van der Waals surface area contributed by atoms with E-state index in [1.165, 1.54) is 4.88 Å². The Kier molecular flexibility index (Phi) is 4.19. The maximum Gasteiger partial charge on any atom is 0.224 e. The van der Waals surface area contributed by atoms with E-state index in [0.29, 0.717) is 12.3 Å². The Hall–Kier alpha value is -1.17. The highest BCUT2D eigenvalue weighted by Gasteiger charge is 2.36. The topological polar surface area (TPSA) is 49.3 Å². The molecular weight excluding hydrogens is 290 g/mol. The van der Waals surface area contributed by atoms with Gasteiger partial charge >= 0.3 is 0 Å². The third-order valence-corrected chi connectivity index (χ3v) is 5.42. The van der Waals surface area contributed by atoms with Crippen LogP contribution in [0.4, 0.5) is 0 Å². The Morgan fingerprint density at radius 3 is 2.85 bits per heavy atom. The number of hydrogen-bond acceptors (Lipinski definition) is 4. The normalized spacial score (nSPS) is 23.1. The van der Waals surface area contributed by atoms with Gasteiger partial charge in [-0.05, 0) is 52.6 Å². The molecule has 0 saturated heterocycles. The second-order valence-corrected chi connectivity index (χ2v) is 7.01. The van der Waals surface area contributed by atoms with Crippen molar-refractivity contribution in [1.29, 1.82) is 0 Å². The van der Waals surface area contributed by atoms with Gasteiger partial charge in [0.1, 0.15) is 0 Å². The Labute approximate surface area is 126 Å². The van der Waals surface area contributed by atoms with Gasteiger partial charge in [0.25, 0.3) is 0 Å². The van der Waals surface area contributed by atoms with Crippen LogP contribution in [0.5, 0.6) is 0 Å². The minimum Gasteiger partial charge on any atom is -0.393 e. The lowest BCUT2D eigenvalue weighted by atomic mass is 9.76. The summed E-state index contributed by atoms with van der Waals surface area (Å²) in [7, 11) is 0. The molecule has 1 aliphatic carbocycles. The summed E-state index contributed by atoms with van der Waals surface area (Å²) in [5.74, 6) is 0.415. The van der Waals surface area contributed by atoms with Gasteiger partial charge in [-0.3, -0.25) is 4.79 Å². The number of hydrogen-bond donors (Lipinski definition) is 2. The van der Waals surface area contributed by atoms with Gasteiger partial charge in [0, 0.05) is 4.88 Å². The molecule has 1 amide bonds. The fraction of sp³-hybridized carbons (Fsp3) is 0.400. The highest BCUT2D eigenvalue weighted by Crippen LogP contribution is 2.39. The lowest BCUT2D eigenvalue weighted by molar-refractivity contribution is -0.122. The van der Waals surface area contributed by atoms with Crippen LogP contribution < -0.4 is 5.32 Å². The van der Waals surface area contributed by atoms with E-state index in [9.17, 15) is 9.90 Å². The van der Waals surface area contributed by atoms with E-state index < -0.39 is 0 Å². The second kappa shape index (κ2) is 6.08. The first-order chi connectivity index (χ1) is 9.72. The number of carbonyl (C=O) groups is 1. The smallest absolute Gasteiger partial charge is 0.224 e. The molecule has 0 unspecified atom stereocenters. The fourth-order valence-corrected chi connectivity index (χ4v) is 4.13. The molecule has 1 atom stereocenters. The number of aliphatic hydroxyl groups excluding tert-OH is 1. The second-order valence-electron chi connectivity index (χ2n) is 5.25. The molecule has 20 heavy (non-hydrogen) atoms. The molecule has 5 heteroatoms. The van der Waals surface area contributed by atoms with Crippen LogP contribution in [-0.4, -0.2) is 17.1 Å². The SMILES string of the molecule is O=C(Cc1ccsc1)N[C@H](c1cccs1)C1CC(O)C1. The van der Waals surface area contributed by atoms with Gasteiger partial charge in [0.2, 0.25) is 5.91 Å². The maximum absolute atomic E-state index is 12.2. The third-order valence-electron chi connectivity index (χ3n) is 3.73. The highest BCUT2D eigenvalue weighted by atomic mass is 32.1. The number of rotatable bonds is 5. The Balaban J connectivity index is 1.65. The summed E-state index contributed by atoms with van der Waals surface area (Å²) >= 11 is 3.27. The predicted octanol–water partition coefficient (Wildman–Crippen LogP) is 2.98. The molecule has 106 valence electrons. The lowest BCUT2D eigenvalue weighted by Gasteiger charge is -2.37. The number of amides is 1. The Morgan fingerprint density at radius 1 is 1.40 bits per heavy atom. The van der Waals surface area contributed by atoms with Gasteiger partial charge in [-0.2, -0.15) is 11.3 Å². The van der Waals surface area contributed by atoms with Gasteiger partial charge in [-0.25, -0.2) is 0 Å². The van der Waals surface area contributed by atoms with E-state index in [-0.39, 0.29) is 18.1 Å².